The highest BCUT2D eigenvalue weighted by atomic mass is 35.5. The molecule has 0 spiro atoms. The zero-order chi connectivity index (χ0) is 7.68. The Labute approximate surface area is 77.7 Å². The quantitative estimate of drug-likeness (QED) is 0.700. The van der Waals surface area contributed by atoms with Crippen molar-refractivity contribution in [2.45, 2.75) is 19.4 Å². The first-order chi connectivity index (χ1) is 5.36. The van der Waals surface area contributed by atoms with Gasteiger partial charge in [0.25, 0.3) is 0 Å². The van der Waals surface area contributed by atoms with Crippen molar-refractivity contribution in [3.63, 3.8) is 0 Å². The van der Waals surface area contributed by atoms with Crippen molar-refractivity contribution in [1.29, 1.82) is 0 Å². The zero-order valence-corrected chi connectivity index (χ0v) is 7.84. The van der Waals surface area contributed by atoms with E-state index in [9.17, 15) is 0 Å². The summed E-state index contributed by atoms with van der Waals surface area (Å²) in [5.41, 5.74) is 0.997. The third-order valence-corrected chi connectivity index (χ3v) is 2.03. The van der Waals surface area contributed by atoms with Gasteiger partial charge in [0.05, 0.1) is 11.7 Å². The van der Waals surface area contributed by atoms with Crippen molar-refractivity contribution in [2.24, 2.45) is 0 Å². The normalized spacial score (nSPS) is 22.2. The molecule has 1 fully saturated rings. The molecular formula is C7H13ClN4. The fourth-order valence-corrected chi connectivity index (χ4v) is 1.41. The Morgan fingerprint density at radius 2 is 2.50 bits per heavy atom. The first kappa shape index (κ1) is 9.48. The van der Waals surface area contributed by atoms with E-state index in [1.807, 2.05) is 17.8 Å². The van der Waals surface area contributed by atoms with Crippen LogP contribution < -0.4 is 5.32 Å². The summed E-state index contributed by atoms with van der Waals surface area (Å²) >= 11 is 0. The molecule has 1 aromatic rings. The van der Waals surface area contributed by atoms with Crippen molar-refractivity contribution in [3.8, 4) is 0 Å². The molecule has 5 heteroatoms. The largest absolute Gasteiger partial charge is 0.315 e. The molecule has 0 saturated carbocycles. The maximum Gasteiger partial charge on any atom is 0.0796 e. The molecule has 1 unspecified atom stereocenters. The summed E-state index contributed by atoms with van der Waals surface area (Å²) in [6, 6.07) is 0.524. The summed E-state index contributed by atoms with van der Waals surface area (Å²) in [5.74, 6) is 0. The molecule has 2 heterocycles. The first-order valence-electron chi connectivity index (χ1n) is 3.95. The Bertz CT molecular complexity index is 241. The molecule has 1 atom stereocenters. The van der Waals surface area contributed by atoms with Crippen LogP contribution in [-0.2, 0) is 0 Å². The van der Waals surface area contributed by atoms with E-state index in [2.05, 4.69) is 15.6 Å². The lowest BCUT2D eigenvalue weighted by molar-refractivity contribution is 0.476. The van der Waals surface area contributed by atoms with E-state index < -0.39 is 0 Å². The van der Waals surface area contributed by atoms with Gasteiger partial charge < -0.3 is 5.32 Å². The Morgan fingerprint density at radius 3 is 3.00 bits per heavy atom. The third-order valence-electron chi connectivity index (χ3n) is 2.03. The van der Waals surface area contributed by atoms with Crippen LogP contribution in [0.1, 0.15) is 18.2 Å². The number of aromatic nitrogens is 3. The van der Waals surface area contributed by atoms with E-state index in [1.54, 1.807) is 0 Å². The van der Waals surface area contributed by atoms with Crippen LogP contribution in [0.4, 0.5) is 0 Å². The van der Waals surface area contributed by atoms with Crippen molar-refractivity contribution in [3.05, 3.63) is 11.9 Å². The molecule has 12 heavy (non-hydrogen) atoms. The van der Waals surface area contributed by atoms with Gasteiger partial charge in [-0.15, -0.1) is 17.5 Å². The Balaban J connectivity index is 0.000000720. The average molecular weight is 189 g/mol. The summed E-state index contributed by atoms with van der Waals surface area (Å²) in [4.78, 5) is 0. The molecule has 0 radical (unpaired) electrons. The van der Waals surface area contributed by atoms with Gasteiger partial charge in [-0.3, -0.25) is 0 Å². The maximum absolute atomic E-state index is 4.02. The summed E-state index contributed by atoms with van der Waals surface area (Å²) in [6.07, 6.45) is 3.17. The van der Waals surface area contributed by atoms with Gasteiger partial charge in [0, 0.05) is 12.7 Å². The van der Waals surface area contributed by atoms with Gasteiger partial charge in [0.2, 0.25) is 0 Å². The number of aryl methyl sites for hydroxylation is 1. The highest BCUT2D eigenvalue weighted by molar-refractivity contribution is 5.85. The molecule has 0 amide bonds. The van der Waals surface area contributed by atoms with Gasteiger partial charge in [-0.1, -0.05) is 5.21 Å². The summed E-state index contributed by atoms with van der Waals surface area (Å²) in [5, 5.41) is 11.3. The predicted molar refractivity (Wildman–Crippen MR) is 48.5 cm³/mol. The molecule has 0 aliphatic carbocycles. The second-order valence-electron chi connectivity index (χ2n) is 2.99. The minimum absolute atomic E-state index is 0. The lowest BCUT2D eigenvalue weighted by Gasteiger charge is -2.05. The Kier molecular flexibility index (Phi) is 3.05. The SMILES string of the molecule is Cc1cn(C2CCNC2)nn1.Cl. The van der Waals surface area contributed by atoms with Crippen LogP contribution in [0.3, 0.4) is 0 Å². The average Bonchev–Trinajstić information content (AvgIpc) is 2.55. The van der Waals surface area contributed by atoms with Crippen molar-refractivity contribution in [2.75, 3.05) is 13.1 Å². The lowest BCUT2D eigenvalue weighted by Crippen LogP contribution is -2.13. The molecule has 4 nitrogen and oxygen atoms in total. The topological polar surface area (TPSA) is 42.7 Å². The van der Waals surface area contributed by atoms with Crippen molar-refractivity contribution in [1.82, 2.24) is 20.3 Å². The molecular weight excluding hydrogens is 176 g/mol. The number of nitrogens with one attached hydrogen (secondary N) is 1. The number of halogens is 1. The zero-order valence-electron chi connectivity index (χ0n) is 7.03. The molecule has 0 aromatic carbocycles. The van der Waals surface area contributed by atoms with Crippen molar-refractivity contribution < 1.29 is 0 Å². The molecule has 1 N–H and O–H groups in total. The second-order valence-corrected chi connectivity index (χ2v) is 2.99. The van der Waals surface area contributed by atoms with E-state index in [4.69, 9.17) is 0 Å². The number of hydrogen-bond acceptors (Lipinski definition) is 3. The van der Waals surface area contributed by atoms with Gasteiger partial charge in [-0.05, 0) is 19.9 Å². The Hall–Kier alpha value is -0.610. The maximum atomic E-state index is 4.02. The summed E-state index contributed by atoms with van der Waals surface area (Å²) in [6.45, 7) is 4.10. The molecule has 68 valence electrons. The van der Waals surface area contributed by atoms with Crippen LogP contribution in [-0.4, -0.2) is 28.1 Å². The van der Waals surface area contributed by atoms with E-state index in [0.717, 1.165) is 18.8 Å². The molecule has 2 rings (SSSR count). The summed E-state index contributed by atoms with van der Waals surface area (Å²) < 4.78 is 1.95. The number of hydrogen-bond donors (Lipinski definition) is 1. The van der Waals surface area contributed by atoms with Crippen LogP contribution in [0.5, 0.6) is 0 Å². The standard InChI is InChI=1S/C7H12N4.ClH/c1-6-5-11(10-9-6)7-2-3-8-4-7;/h5,7-8H,2-4H2,1H3;1H. The number of nitrogens with zero attached hydrogens (tertiary/aromatic N) is 3. The number of rotatable bonds is 1. The fourth-order valence-electron chi connectivity index (χ4n) is 1.41. The molecule has 1 aliphatic heterocycles. The Morgan fingerprint density at radius 1 is 1.67 bits per heavy atom. The van der Waals surface area contributed by atoms with Crippen LogP contribution in [0.2, 0.25) is 0 Å². The van der Waals surface area contributed by atoms with E-state index in [0.29, 0.717) is 6.04 Å². The highest BCUT2D eigenvalue weighted by Gasteiger charge is 2.16. The van der Waals surface area contributed by atoms with Gasteiger partial charge in [0.15, 0.2) is 0 Å². The molecule has 1 aliphatic rings. The van der Waals surface area contributed by atoms with Crippen LogP contribution in [0, 0.1) is 6.92 Å². The van der Waals surface area contributed by atoms with E-state index in [-0.39, 0.29) is 12.4 Å². The minimum atomic E-state index is 0. The van der Waals surface area contributed by atoms with Gasteiger partial charge in [-0.2, -0.15) is 0 Å². The first-order valence-corrected chi connectivity index (χ1v) is 3.95. The lowest BCUT2D eigenvalue weighted by atomic mass is 10.3. The molecule has 0 bridgehead atoms. The summed E-state index contributed by atoms with van der Waals surface area (Å²) in [7, 11) is 0. The highest BCUT2D eigenvalue weighted by Crippen LogP contribution is 2.12. The van der Waals surface area contributed by atoms with E-state index in [1.165, 1.54) is 6.42 Å². The van der Waals surface area contributed by atoms with Gasteiger partial charge in [-0.25, -0.2) is 4.68 Å². The smallest absolute Gasteiger partial charge is 0.0796 e. The van der Waals surface area contributed by atoms with Crippen molar-refractivity contribution >= 4 is 12.4 Å². The van der Waals surface area contributed by atoms with Crippen LogP contribution in [0.25, 0.3) is 0 Å². The molecule has 1 saturated heterocycles. The minimum Gasteiger partial charge on any atom is -0.315 e. The third kappa shape index (κ3) is 1.76. The van der Waals surface area contributed by atoms with Crippen LogP contribution >= 0.6 is 12.4 Å². The van der Waals surface area contributed by atoms with E-state index >= 15 is 0 Å². The fraction of sp³-hybridized carbons (Fsp3) is 0.714. The van der Waals surface area contributed by atoms with Gasteiger partial charge >= 0.3 is 0 Å². The second kappa shape index (κ2) is 3.87. The monoisotopic (exact) mass is 188 g/mol. The van der Waals surface area contributed by atoms with Crippen LogP contribution in [0.15, 0.2) is 6.20 Å². The predicted octanol–water partition coefficient (Wildman–Crippen LogP) is 0.543. The van der Waals surface area contributed by atoms with Gasteiger partial charge in [0.1, 0.15) is 0 Å². The molecule has 1 aromatic heterocycles.